The lowest BCUT2D eigenvalue weighted by atomic mass is 10.1. The van der Waals surface area contributed by atoms with Crippen LogP contribution in [0.2, 0.25) is 0 Å². The molecule has 298 valence electrons. The standard InChI is InChI=1S/C35H52N2O15S/c1-22-13-15-25(16-14-22)53(43,44)47-18-17-37-28(38)23(2)19-36(29(37)39)21-46-26(20-45-30(40)50-33(4,5)6)27(49-32(42)52-35(10,11)12)24(3)48-31(41)51-34(7,8)9/h13-16,19,24,26-27H,17-18,20-21H2,1-12H3/t24-,26?,27-/m0/s1. The SMILES string of the molecule is Cc1ccc(S(=O)(=O)OCCn2c(=O)c(C)cn(COC(COC(=O)OC(C)(C)C)[C@@H](OC(=O)OC(C)(C)C)[C@H](C)OC(=O)OC(C)(C)C)c2=O)cc1. The zero-order chi connectivity index (χ0) is 40.5. The second-order valence-corrected chi connectivity index (χ2v) is 16.7. The van der Waals surface area contributed by atoms with Crippen molar-refractivity contribution in [1.82, 2.24) is 9.13 Å². The van der Waals surface area contributed by atoms with Crippen molar-refractivity contribution in [3.05, 3.63) is 62.4 Å². The number of ether oxygens (including phenoxy) is 7. The fourth-order valence-electron chi connectivity index (χ4n) is 4.30. The third-order valence-electron chi connectivity index (χ3n) is 6.58. The minimum absolute atomic E-state index is 0.0827. The Kier molecular flexibility index (Phi) is 15.3. The Balaban J connectivity index is 2.45. The predicted octanol–water partition coefficient (Wildman–Crippen LogP) is 4.99. The molecule has 0 bridgehead atoms. The van der Waals surface area contributed by atoms with Gasteiger partial charge in [0.2, 0.25) is 0 Å². The minimum atomic E-state index is -4.19. The average Bonchev–Trinajstić information content (AvgIpc) is 2.97. The minimum Gasteiger partial charge on any atom is -0.431 e. The number of hydrogen-bond acceptors (Lipinski definition) is 15. The normalized spacial score (nSPS) is 14.0. The molecule has 0 saturated heterocycles. The van der Waals surface area contributed by atoms with Crippen molar-refractivity contribution in [3.8, 4) is 0 Å². The van der Waals surface area contributed by atoms with Gasteiger partial charge in [-0.25, -0.2) is 19.2 Å². The van der Waals surface area contributed by atoms with Crippen LogP contribution in [-0.4, -0.2) is 84.3 Å². The quantitative estimate of drug-likeness (QED) is 0.141. The number of nitrogens with zero attached hydrogens (tertiary/aromatic N) is 2. The Morgan fingerprint density at radius 3 is 1.81 bits per heavy atom. The lowest BCUT2D eigenvalue weighted by molar-refractivity contribution is -0.151. The molecule has 18 heteroatoms. The van der Waals surface area contributed by atoms with Gasteiger partial charge < -0.3 is 33.2 Å². The second kappa shape index (κ2) is 18.1. The molecule has 1 heterocycles. The van der Waals surface area contributed by atoms with Crippen LogP contribution in [0.3, 0.4) is 0 Å². The molecule has 1 aromatic carbocycles. The van der Waals surface area contributed by atoms with E-state index in [1.807, 2.05) is 0 Å². The van der Waals surface area contributed by atoms with Crippen LogP contribution >= 0.6 is 0 Å². The molecule has 1 unspecified atom stereocenters. The summed E-state index contributed by atoms with van der Waals surface area (Å²) in [5.74, 6) is 0. The van der Waals surface area contributed by atoms with E-state index in [2.05, 4.69) is 0 Å². The van der Waals surface area contributed by atoms with Crippen molar-refractivity contribution < 1.29 is 60.1 Å². The van der Waals surface area contributed by atoms with E-state index in [1.165, 1.54) is 32.2 Å². The van der Waals surface area contributed by atoms with E-state index in [0.29, 0.717) is 0 Å². The van der Waals surface area contributed by atoms with Crippen molar-refractivity contribution in [3.63, 3.8) is 0 Å². The van der Waals surface area contributed by atoms with Gasteiger partial charge in [-0.3, -0.25) is 18.1 Å². The van der Waals surface area contributed by atoms with E-state index in [-0.39, 0.29) is 10.5 Å². The summed E-state index contributed by atoms with van der Waals surface area (Å²) in [4.78, 5) is 64.4. The smallest absolute Gasteiger partial charge is 0.431 e. The fraction of sp³-hybridized carbons (Fsp3) is 0.629. The molecule has 2 rings (SSSR count). The van der Waals surface area contributed by atoms with Crippen LogP contribution in [0.25, 0.3) is 0 Å². The molecule has 0 saturated carbocycles. The van der Waals surface area contributed by atoms with Crippen molar-refractivity contribution in [2.45, 2.75) is 136 Å². The van der Waals surface area contributed by atoms with Gasteiger partial charge in [0.25, 0.3) is 15.7 Å². The highest BCUT2D eigenvalue weighted by Crippen LogP contribution is 2.20. The van der Waals surface area contributed by atoms with E-state index in [4.69, 9.17) is 37.3 Å². The first-order chi connectivity index (χ1) is 24.2. The van der Waals surface area contributed by atoms with E-state index < -0.39 is 101 Å². The van der Waals surface area contributed by atoms with Crippen LogP contribution in [0.15, 0.2) is 44.9 Å². The second-order valence-electron chi connectivity index (χ2n) is 15.1. The topological polar surface area (TPSA) is 203 Å². The summed E-state index contributed by atoms with van der Waals surface area (Å²) in [6.45, 7) is 16.8. The molecular formula is C35H52N2O15S. The summed E-state index contributed by atoms with van der Waals surface area (Å²) < 4.78 is 70.2. The maximum atomic E-state index is 13.5. The van der Waals surface area contributed by atoms with Crippen LogP contribution in [0.1, 0.15) is 80.4 Å². The number of aryl methyl sites for hydroxylation is 2. The van der Waals surface area contributed by atoms with Gasteiger partial charge in [-0.1, -0.05) is 17.7 Å². The summed E-state index contributed by atoms with van der Waals surface area (Å²) >= 11 is 0. The Bertz CT molecular complexity index is 1790. The van der Waals surface area contributed by atoms with Crippen molar-refractivity contribution in [1.29, 1.82) is 0 Å². The number of aromatic nitrogens is 2. The molecule has 0 aliphatic carbocycles. The molecule has 3 atom stereocenters. The van der Waals surface area contributed by atoms with Crippen molar-refractivity contribution in [2.24, 2.45) is 0 Å². The highest BCUT2D eigenvalue weighted by Gasteiger charge is 2.38. The molecule has 0 aliphatic heterocycles. The molecule has 0 radical (unpaired) electrons. The first-order valence-corrected chi connectivity index (χ1v) is 18.1. The van der Waals surface area contributed by atoms with Crippen LogP contribution in [0.4, 0.5) is 14.4 Å². The van der Waals surface area contributed by atoms with Gasteiger partial charge >= 0.3 is 24.2 Å². The molecule has 0 N–H and O–H groups in total. The lowest BCUT2D eigenvalue weighted by Crippen LogP contribution is -2.48. The largest absolute Gasteiger partial charge is 0.509 e. The number of carbonyl (C=O) groups excluding carboxylic acids is 3. The molecular weight excluding hydrogens is 720 g/mol. The van der Waals surface area contributed by atoms with Crippen LogP contribution in [0.5, 0.6) is 0 Å². The molecule has 0 amide bonds. The maximum absolute atomic E-state index is 13.5. The molecule has 17 nitrogen and oxygen atoms in total. The maximum Gasteiger partial charge on any atom is 0.509 e. The molecule has 2 aromatic rings. The summed E-state index contributed by atoms with van der Waals surface area (Å²) in [5, 5.41) is 0. The van der Waals surface area contributed by atoms with Gasteiger partial charge in [0, 0.05) is 11.8 Å². The van der Waals surface area contributed by atoms with E-state index in [9.17, 15) is 32.4 Å². The molecule has 1 aromatic heterocycles. The van der Waals surface area contributed by atoms with Crippen molar-refractivity contribution >= 4 is 28.6 Å². The van der Waals surface area contributed by atoms with E-state index in [0.717, 1.165) is 14.7 Å². The van der Waals surface area contributed by atoms with Gasteiger partial charge in [0.05, 0.1) is 18.0 Å². The lowest BCUT2D eigenvalue weighted by Gasteiger charge is -2.32. The Hall–Kier alpha value is -4.42. The summed E-state index contributed by atoms with van der Waals surface area (Å²) in [6.07, 6.45) is -6.52. The van der Waals surface area contributed by atoms with Crippen LogP contribution in [-0.2, 0) is 60.7 Å². The Morgan fingerprint density at radius 1 is 0.774 bits per heavy atom. The highest BCUT2D eigenvalue weighted by molar-refractivity contribution is 7.86. The first kappa shape index (κ1) is 44.7. The fourth-order valence-corrected chi connectivity index (χ4v) is 5.19. The molecule has 0 spiro atoms. The Labute approximate surface area is 309 Å². The monoisotopic (exact) mass is 772 g/mol. The predicted molar refractivity (Wildman–Crippen MR) is 189 cm³/mol. The van der Waals surface area contributed by atoms with Crippen molar-refractivity contribution in [2.75, 3.05) is 13.2 Å². The van der Waals surface area contributed by atoms with E-state index >= 15 is 0 Å². The number of benzene rings is 1. The zero-order valence-corrected chi connectivity index (χ0v) is 33.2. The van der Waals surface area contributed by atoms with E-state index in [1.54, 1.807) is 81.4 Å². The first-order valence-electron chi connectivity index (χ1n) is 16.7. The number of rotatable bonds is 14. The summed E-state index contributed by atoms with van der Waals surface area (Å²) in [7, 11) is -4.19. The van der Waals surface area contributed by atoms with Crippen LogP contribution in [0, 0.1) is 13.8 Å². The van der Waals surface area contributed by atoms with Crippen LogP contribution < -0.4 is 11.2 Å². The number of carbonyl (C=O) groups is 3. The molecule has 53 heavy (non-hydrogen) atoms. The van der Waals surface area contributed by atoms with Gasteiger partial charge in [0.15, 0.2) is 6.10 Å². The summed E-state index contributed by atoms with van der Waals surface area (Å²) in [5.41, 5.74) is -3.57. The Morgan fingerprint density at radius 2 is 1.28 bits per heavy atom. The van der Waals surface area contributed by atoms with Gasteiger partial charge in [-0.15, -0.1) is 0 Å². The third kappa shape index (κ3) is 15.6. The highest BCUT2D eigenvalue weighted by atomic mass is 32.2. The average molecular weight is 773 g/mol. The molecule has 0 aliphatic rings. The van der Waals surface area contributed by atoms with Gasteiger partial charge in [-0.2, -0.15) is 8.42 Å². The van der Waals surface area contributed by atoms with Gasteiger partial charge in [0.1, 0.15) is 42.3 Å². The summed E-state index contributed by atoms with van der Waals surface area (Å²) in [6, 6.07) is 5.94. The third-order valence-corrected chi connectivity index (χ3v) is 7.90. The zero-order valence-electron chi connectivity index (χ0n) is 32.4. The number of hydrogen-bond donors (Lipinski definition) is 0. The molecule has 0 fully saturated rings. The van der Waals surface area contributed by atoms with Gasteiger partial charge in [-0.05, 0) is 95.2 Å².